The van der Waals surface area contributed by atoms with Crippen LogP contribution in [0.1, 0.15) is 0 Å². The SMILES string of the molecule is CN1C(=O)C(NC(=O)O)CNc2ccccc21. The van der Waals surface area contributed by atoms with Crippen LogP contribution in [0.4, 0.5) is 16.2 Å². The molecule has 0 spiro atoms. The molecule has 0 aromatic heterocycles. The summed E-state index contributed by atoms with van der Waals surface area (Å²) in [6.45, 7) is 0.243. The molecule has 0 saturated carbocycles. The van der Waals surface area contributed by atoms with Crippen molar-refractivity contribution in [2.24, 2.45) is 0 Å². The standard InChI is InChI=1S/C11H13N3O3/c1-14-9-5-3-2-4-7(9)12-6-8(10(14)15)13-11(16)17/h2-5,8,12-13H,6H2,1H3,(H,16,17). The molecule has 1 aliphatic rings. The molecule has 3 N–H and O–H groups in total. The van der Waals surface area contributed by atoms with Crippen molar-refractivity contribution in [3.8, 4) is 0 Å². The van der Waals surface area contributed by atoms with Crippen LogP contribution in [0.15, 0.2) is 24.3 Å². The first-order valence-corrected chi connectivity index (χ1v) is 5.19. The van der Waals surface area contributed by atoms with Crippen LogP contribution >= 0.6 is 0 Å². The number of amides is 2. The second kappa shape index (κ2) is 4.32. The van der Waals surface area contributed by atoms with Gasteiger partial charge in [0.2, 0.25) is 0 Å². The maximum Gasteiger partial charge on any atom is 0.405 e. The van der Waals surface area contributed by atoms with Gasteiger partial charge in [0.25, 0.3) is 5.91 Å². The van der Waals surface area contributed by atoms with Crippen molar-refractivity contribution in [1.82, 2.24) is 5.32 Å². The van der Waals surface area contributed by atoms with Gasteiger partial charge in [-0.15, -0.1) is 0 Å². The lowest BCUT2D eigenvalue weighted by atomic mass is 10.2. The van der Waals surface area contributed by atoms with Crippen LogP contribution in [0.2, 0.25) is 0 Å². The van der Waals surface area contributed by atoms with Gasteiger partial charge in [0.1, 0.15) is 6.04 Å². The van der Waals surface area contributed by atoms with Crippen molar-refractivity contribution in [2.75, 3.05) is 23.8 Å². The number of carbonyl (C=O) groups is 2. The van der Waals surface area contributed by atoms with Crippen LogP contribution < -0.4 is 15.5 Å². The number of fused-ring (bicyclic) bond motifs is 1. The van der Waals surface area contributed by atoms with Crippen molar-refractivity contribution in [1.29, 1.82) is 0 Å². The van der Waals surface area contributed by atoms with Gasteiger partial charge < -0.3 is 20.6 Å². The van der Waals surface area contributed by atoms with E-state index in [4.69, 9.17) is 5.11 Å². The molecule has 6 heteroatoms. The van der Waals surface area contributed by atoms with Crippen LogP contribution in [0.5, 0.6) is 0 Å². The summed E-state index contributed by atoms with van der Waals surface area (Å²) in [4.78, 5) is 24.1. The molecule has 0 bridgehead atoms. The fraction of sp³-hybridized carbons (Fsp3) is 0.273. The van der Waals surface area contributed by atoms with Crippen molar-refractivity contribution >= 4 is 23.4 Å². The minimum Gasteiger partial charge on any atom is -0.465 e. The Morgan fingerprint density at radius 2 is 2.24 bits per heavy atom. The van der Waals surface area contributed by atoms with E-state index < -0.39 is 12.1 Å². The summed E-state index contributed by atoms with van der Waals surface area (Å²) in [5.74, 6) is -0.273. The molecule has 1 unspecified atom stereocenters. The van der Waals surface area contributed by atoms with Gasteiger partial charge in [-0.2, -0.15) is 0 Å². The number of nitrogens with zero attached hydrogens (tertiary/aromatic N) is 1. The van der Waals surface area contributed by atoms with Gasteiger partial charge in [-0.05, 0) is 12.1 Å². The number of para-hydroxylation sites is 2. The third-order valence-electron chi connectivity index (χ3n) is 2.69. The van der Waals surface area contributed by atoms with Gasteiger partial charge >= 0.3 is 6.09 Å². The molecule has 17 heavy (non-hydrogen) atoms. The monoisotopic (exact) mass is 235 g/mol. The van der Waals surface area contributed by atoms with Gasteiger partial charge in [-0.1, -0.05) is 12.1 Å². The highest BCUT2D eigenvalue weighted by Crippen LogP contribution is 2.27. The molecule has 90 valence electrons. The Morgan fingerprint density at radius 1 is 1.53 bits per heavy atom. The third-order valence-corrected chi connectivity index (χ3v) is 2.69. The summed E-state index contributed by atoms with van der Waals surface area (Å²) in [7, 11) is 1.63. The van der Waals surface area contributed by atoms with Crippen molar-refractivity contribution in [3.63, 3.8) is 0 Å². The summed E-state index contributed by atoms with van der Waals surface area (Å²) in [5, 5.41) is 13.9. The van der Waals surface area contributed by atoms with E-state index in [0.717, 1.165) is 11.4 Å². The lowest BCUT2D eigenvalue weighted by Gasteiger charge is -2.20. The summed E-state index contributed by atoms with van der Waals surface area (Å²) >= 11 is 0. The maximum atomic E-state index is 12.0. The van der Waals surface area contributed by atoms with Crippen LogP contribution in [0, 0.1) is 0 Å². The number of hydrogen-bond acceptors (Lipinski definition) is 3. The molecular weight excluding hydrogens is 222 g/mol. The number of likely N-dealkylation sites (N-methyl/N-ethyl adjacent to an activating group) is 1. The maximum absolute atomic E-state index is 12.0. The highest BCUT2D eigenvalue weighted by atomic mass is 16.4. The molecule has 0 radical (unpaired) electrons. The number of nitrogens with one attached hydrogen (secondary N) is 2. The highest BCUT2D eigenvalue weighted by Gasteiger charge is 2.28. The number of anilines is 2. The topological polar surface area (TPSA) is 81.7 Å². The lowest BCUT2D eigenvalue weighted by molar-refractivity contribution is -0.119. The number of benzene rings is 1. The summed E-state index contributed by atoms with van der Waals surface area (Å²) in [6, 6.07) is 6.57. The van der Waals surface area contributed by atoms with E-state index in [1.54, 1.807) is 7.05 Å². The molecule has 1 atom stereocenters. The number of rotatable bonds is 1. The molecule has 1 heterocycles. The lowest BCUT2D eigenvalue weighted by Crippen LogP contribution is -2.49. The molecule has 2 rings (SSSR count). The smallest absolute Gasteiger partial charge is 0.405 e. The summed E-state index contributed by atoms with van der Waals surface area (Å²) < 4.78 is 0. The molecule has 1 aliphatic heterocycles. The van der Waals surface area contributed by atoms with E-state index in [2.05, 4.69) is 10.6 Å². The largest absolute Gasteiger partial charge is 0.465 e. The minimum absolute atomic E-state index is 0.243. The Bertz CT molecular complexity index is 461. The predicted molar refractivity (Wildman–Crippen MR) is 63.3 cm³/mol. The third kappa shape index (κ3) is 2.15. The van der Waals surface area contributed by atoms with E-state index in [1.807, 2.05) is 24.3 Å². The minimum atomic E-state index is -1.20. The zero-order chi connectivity index (χ0) is 12.4. The number of carbonyl (C=O) groups excluding carboxylic acids is 1. The van der Waals surface area contributed by atoms with Gasteiger partial charge in [0.15, 0.2) is 0 Å². The highest BCUT2D eigenvalue weighted by molar-refractivity contribution is 6.02. The second-order valence-corrected chi connectivity index (χ2v) is 3.80. The molecule has 0 fully saturated rings. The molecule has 0 saturated heterocycles. The van der Waals surface area contributed by atoms with Gasteiger partial charge in [0, 0.05) is 13.6 Å². The fourth-order valence-corrected chi connectivity index (χ4v) is 1.83. The van der Waals surface area contributed by atoms with Crippen LogP contribution in [0.3, 0.4) is 0 Å². The average molecular weight is 235 g/mol. The van der Waals surface area contributed by atoms with Crippen LogP contribution in [-0.2, 0) is 4.79 Å². The van der Waals surface area contributed by atoms with Crippen molar-refractivity contribution in [3.05, 3.63) is 24.3 Å². The van der Waals surface area contributed by atoms with Gasteiger partial charge in [0.05, 0.1) is 11.4 Å². The summed E-state index contributed by atoms with van der Waals surface area (Å²) in [5.41, 5.74) is 1.56. The van der Waals surface area contributed by atoms with Crippen LogP contribution in [0.25, 0.3) is 0 Å². The van der Waals surface area contributed by atoms with Gasteiger partial charge in [-0.25, -0.2) is 4.79 Å². The van der Waals surface area contributed by atoms with E-state index in [1.165, 1.54) is 4.90 Å². The molecule has 0 aliphatic carbocycles. The average Bonchev–Trinajstić information content (AvgIpc) is 2.42. The molecular formula is C11H13N3O3. The first kappa shape index (κ1) is 11.3. The molecule has 1 aromatic carbocycles. The normalized spacial score (nSPS) is 19.0. The van der Waals surface area contributed by atoms with Crippen molar-refractivity contribution < 1.29 is 14.7 Å². The quantitative estimate of drug-likeness (QED) is 0.669. The number of carboxylic acid groups (broad SMARTS) is 1. The molecule has 1 aromatic rings. The molecule has 6 nitrogen and oxygen atoms in total. The van der Waals surface area contributed by atoms with E-state index in [-0.39, 0.29) is 12.5 Å². The van der Waals surface area contributed by atoms with Gasteiger partial charge in [-0.3, -0.25) is 4.79 Å². The zero-order valence-electron chi connectivity index (χ0n) is 9.30. The Labute approximate surface area is 98.2 Å². The fourth-order valence-electron chi connectivity index (χ4n) is 1.83. The molecule has 2 amide bonds. The zero-order valence-corrected chi connectivity index (χ0v) is 9.30. The Kier molecular flexibility index (Phi) is 2.86. The predicted octanol–water partition coefficient (Wildman–Crippen LogP) is 0.711. The summed E-state index contributed by atoms with van der Waals surface area (Å²) in [6.07, 6.45) is -1.20. The van der Waals surface area contributed by atoms with E-state index in [9.17, 15) is 9.59 Å². The Morgan fingerprint density at radius 3 is 2.94 bits per heavy atom. The van der Waals surface area contributed by atoms with E-state index in [0.29, 0.717) is 0 Å². The Balaban J connectivity index is 2.29. The Hall–Kier alpha value is -2.24. The number of hydrogen-bond donors (Lipinski definition) is 3. The second-order valence-electron chi connectivity index (χ2n) is 3.80. The van der Waals surface area contributed by atoms with Crippen LogP contribution in [-0.4, -0.2) is 36.7 Å². The van der Waals surface area contributed by atoms with Crippen molar-refractivity contribution in [2.45, 2.75) is 6.04 Å². The van der Waals surface area contributed by atoms with E-state index >= 15 is 0 Å². The first-order valence-electron chi connectivity index (χ1n) is 5.19. The first-order chi connectivity index (χ1) is 8.09.